The summed E-state index contributed by atoms with van der Waals surface area (Å²) in [5, 5.41) is 0. The van der Waals surface area contributed by atoms with Crippen LogP contribution in [0.15, 0.2) is 42.6 Å². The number of aromatic nitrogens is 1. The maximum absolute atomic E-state index is 13.8. The zero-order valence-electron chi connectivity index (χ0n) is 12.7. The van der Waals surface area contributed by atoms with Gasteiger partial charge in [-0.15, -0.1) is 6.42 Å². The molecule has 1 atom stereocenters. The Kier molecular flexibility index (Phi) is 5.42. The van der Waals surface area contributed by atoms with Crippen molar-refractivity contribution in [3.63, 3.8) is 0 Å². The fourth-order valence-electron chi connectivity index (χ4n) is 2.24. The van der Waals surface area contributed by atoms with Crippen LogP contribution in [-0.2, 0) is 11.3 Å². The Morgan fingerprint density at radius 2 is 2.00 bits per heavy atom. The minimum Gasteiger partial charge on any atom is -0.327 e. The number of nitrogens with zero attached hydrogens (tertiary/aromatic N) is 2. The van der Waals surface area contributed by atoms with Crippen LogP contribution in [0.25, 0.3) is 0 Å². The molecule has 118 valence electrons. The second-order valence-corrected chi connectivity index (χ2v) is 5.12. The van der Waals surface area contributed by atoms with Crippen LogP contribution in [-0.4, -0.2) is 22.3 Å². The van der Waals surface area contributed by atoms with Crippen LogP contribution in [0.5, 0.6) is 0 Å². The lowest BCUT2D eigenvalue weighted by molar-refractivity contribution is -0.132. The highest BCUT2D eigenvalue weighted by Crippen LogP contribution is 2.20. The molecule has 0 saturated carbocycles. The molecule has 0 aliphatic carbocycles. The fourth-order valence-corrected chi connectivity index (χ4v) is 2.24. The fraction of sp³-hybridized carbons (Fsp3) is 0.222. The summed E-state index contributed by atoms with van der Waals surface area (Å²) in [6.45, 7) is 1.89. The van der Waals surface area contributed by atoms with Crippen molar-refractivity contribution in [3.05, 3.63) is 65.5 Å². The number of carbonyl (C=O) groups excluding carboxylic acids is 1. The third-order valence-electron chi connectivity index (χ3n) is 3.45. The average Bonchev–Trinajstić information content (AvgIpc) is 2.55. The molecule has 1 aromatic carbocycles. The first-order valence-electron chi connectivity index (χ1n) is 7.10. The normalized spacial score (nSPS) is 11.6. The van der Waals surface area contributed by atoms with Gasteiger partial charge in [0.25, 0.3) is 0 Å². The minimum absolute atomic E-state index is 0.0784. The number of halogens is 2. The van der Waals surface area contributed by atoms with Crippen LogP contribution in [0, 0.1) is 24.0 Å². The molecule has 0 aliphatic heterocycles. The summed E-state index contributed by atoms with van der Waals surface area (Å²) in [4.78, 5) is 18.0. The Bertz CT molecular complexity index is 723. The Balaban J connectivity index is 2.19. The molecule has 0 radical (unpaired) electrons. The van der Waals surface area contributed by atoms with Crippen molar-refractivity contribution in [1.29, 1.82) is 0 Å². The van der Waals surface area contributed by atoms with Crippen molar-refractivity contribution in [2.45, 2.75) is 19.4 Å². The van der Waals surface area contributed by atoms with Crippen LogP contribution in [0.1, 0.15) is 24.1 Å². The first-order chi connectivity index (χ1) is 11.0. The quantitative estimate of drug-likeness (QED) is 0.795. The number of amides is 1. The molecule has 0 unspecified atom stereocenters. The van der Waals surface area contributed by atoms with Gasteiger partial charge >= 0.3 is 0 Å². The number of carbonyl (C=O) groups is 1. The van der Waals surface area contributed by atoms with E-state index in [1.165, 1.54) is 35.4 Å². The maximum atomic E-state index is 13.8. The van der Waals surface area contributed by atoms with Gasteiger partial charge in [-0.2, -0.15) is 0 Å². The van der Waals surface area contributed by atoms with Crippen LogP contribution in [0.2, 0.25) is 0 Å². The molecule has 5 heteroatoms. The van der Waals surface area contributed by atoms with Crippen molar-refractivity contribution in [3.8, 4) is 12.3 Å². The van der Waals surface area contributed by atoms with E-state index in [4.69, 9.17) is 6.42 Å². The van der Waals surface area contributed by atoms with E-state index < -0.39 is 11.7 Å². The van der Waals surface area contributed by atoms with Gasteiger partial charge in [0.15, 0.2) is 0 Å². The van der Waals surface area contributed by atoms with E-state index in [-0.39, 0.29) is 30.5 Å². The molecule has 2 aromatic rings. The zero-order valence-corrected chi connectivity index (χ0v) is 12.7. The molecule has 2 rings (SSSR count). The number of hydrogen-bond acceptors (Lipinski definition) is 2. The van der Waals surface area contributed by atoms with Gasteiger partial charge in [-0.1, -0.05) is 18.1 Å². The molecule has 0 spiro atoms. The van der Waals surface area contributed by atoms with Gasteiger partial charge in [0.05, 0.1) is 18.2 Å². The smallest absolute Gasteiger partial charge is 0.232 e. The average molecular weight is 314 g/mol. The second-order valence-electron chi connectivity index (χ2n) is 5.12. The zero-order chi connectivity index (χ0) is 16.8. The highest BCUT2D eigenvalue weighted by molar-refractivity contribution is 5.83. The highest BCUT2D eigenvalue weighted by atomic mass is 19.1. The van der Waals surface area contributed by atoms with Crippen LogP contribution in [0.3, 0.4) is 0 Å². The predicted octanol–water partition coefficient (Wildman–Crippen LogP) is 3.13. The Labute approximate surface area is 134 Å². The second kappa shape index (κ2) is 7.50. The van der Waals surface area contributed by atoms with E-state index in [9.17, 15) is 13.6 Å². The number of terminal acetylenes is 1. The molecule has 0 fully saturated rings. The summed E-state index contributed by atoms with van der Waals surface area (Å²) in [6, 6.07) is 8.52. The predicted molar refractivity (Wildman–Crippen MR) is 83.3 cm³/mol. The van der Waals surface area contributed by atoms with Crippen molar-refractivity contribution >= 4 is 5.91 Å². The van der Waals surface area contributed by atoms with Gasteiger partial charge in [0.2, 0.25) is 5.91 Å². The van der Waals surface area contributed by atoms with Gasteiger partial charge in [0.1, 0.15) is 11.6 Å². The van der Waals surface area contributed by atoms with E-state index in [1.807, 2.05) is 0 Å². The van der Waals surface area contributed by atoms with Gasteiger partial charge < -0.3 is 4.90 Å². The molecule has 1 aromatic heterocycles. The molecule has 0 bridgehead atoms. The van der Waals surface area contributed by atoms with Crippen molar-refractivity contribution < 1.29 is 13.6 Å². The lowest BCUT2D eigenvalue weighted by atomic mass is 10.0. The first kappa shape index (κ1) is 16.6. The number of rotatable bonds is 5. The van der Waals surface area contributed by atoms with Crippen molar-refractivity contribution in [2.24, 2.45) is 0 Å². The number of pyridine rings is 1. The molecule has 23 heavy (non-hydrogen) atoms. The highest BCUT2D eigenvalue weighted by Gasteiger charge is 2.25. The van der Waals surface area contributed by atoms with Gasteiger partial charge in [-0.05, 0) is 36.8 Å². The number of hydrogen-bond donors (Lipinski definition) is 0. The summed E-state index contributed by atoms with van der Waals surface area (Å²) in [6.07, 6.45) is 6.76. The third-order valence-corrected chi connectivity index (χ3v) is 3.45. The molecule has 3 nitrogen and oxygen atoms in total. The molecule has 0 N–H and O–H groups in total. The molecular weight excluding hydrogens is 298 g/mol. The van der Waals surface area contributed by atoms with Crippen LogP contribution < -0.4 is 0 Å². The first-order valence-corrected chi connectivity index (χ1v) is 7.10. The Hall–Kier alpha value is -2.74. The summed E-state index contributed by atoms with van der Waals surface area (Å²) in [5.74, 6) is 0.444. The van der Waals surface area contributed by atoms with Crippen LogP contribution in [0.4, 0.5) is 8.78 Å². The summed E-state index contributed by atoms with van der Waals surface area (Å²) >= 11 is 0. The summed E-state index contributed by atoms with van der Waals surface area (Å²) in [5.41, 5.74) is 0.822. The summed E-state index contributed by atoms with van der Waals surface area (Å²) < 4.78 is 26.8. The molecule has 1 heterocycles. The van der Waals surface area contributed by atoms with Gasteiger partial charge in [-0.3, -0.25) is 9.78 Å². The lowest BCUT2D eigenvalue weighted by Crippen LogP contribution is -2.34. The molecule has 1 amide bonds. The Morgan fingerprint density at radius 1 is 1.30 bits per heavy atom. The monoisotopic (exact) mass is 314 g/mol. The van der Waals surface area contributed by atoms with E-state index in [2.05, 4.69) is 10.9 Å². The largest absolute Gasteiger partial charge is 0.327 e. The van der Waals surface area contributed by atoms with Gasteiger partial charge in [-0.25, -0.2) is 8.78 Å². The van der Waals surface area contributed by atoms with E-state index >= 15 is 0 Å². The van der Waals surface area contributed by atoms with Crippen molar-refractivity contribution in [1.82, 2.24) is 9.88 Å². The number of benzene rings is 1. The minimum atomic E-state index is -0.759. The standard InChI is InChI=1S/C18H16F2N2O/c1-3-11-22(12-14-6-8-15(19)9-7-14)18(23)13(2)17-16(20)5-4-10-21-17/h1,4-10,13H,11-12H2,2H3/t13-/m1/s1. The van der Waals surface area contributed by atoms with Crippen molar-refractivity contribution in [2.75, 3.05) is 6.54 Å². The lowest BCUT2D eigenvalue weighted by Gasteiger charge is -2.24. The van der Waals surface area contributed by atoms with E-state index in [0.717, 1.165) is 5.56 Å². The van der Waals surface area contributed by atoms with Crippen LogP contribution >= 0.6 is 0 Å². The SMILES string of the molecule is C#CCN(Cc1ccc(F)cc1)C(=O)[C@H](C)c1ncccc1F. The molecule has 0 aliphatic rings. The molecule has 0 saturated heterocycles. The molecular formula is C18H16F2N2O. The third kappa shape index (κ3) is 4.13. The maximum Gasteiger partial charge on any atom is 0.232 e. The van der Waals surface area contributed by atoms with E-state index in [1.54, 1.807) is 19.1 Å². The van der Waals surface area contributed by atoms with E-state index in [0.29, 0.717) is 0 Å². The topological polar surface area (TPSA) is 33.2 Å². The summed E-state index contributed by atoms with van der Waals surface area (Å²) in [7, 11) is 0. The van der Waals surface area contributed by atoms with Gasteiger partial charge in [0, 0.05) is 12.7 Å². The Morgan fingerprint density at radius 3 is 2.61 bits per heavy atom.